The third-order valence-electron chi connectivity index (χ3n) is 3.00. The fraction of sp³-hybridized carbons (Fsp3) is 0.750. The third kappa shape index (κ3) is 4.05. The highest BCUT2D eigenvalue weighted by Crippen LogP contribution is 2.39. The van der Waals surface area contributed by atoms with E-state index in [0.29, 0.717) is 24.8 Å². The molecule has 0 radical (unpaired) electrons. The predicted octanol–water partition coefficient (Wildman–Crippen LogP) is 2.01. The molecule has 0 saturated heterocycles. The highest BCUT2D eigenvalue weighted by Gasteiger charge is 2.28. The first-order valence-corrected chi connectivity index (χ1v) is 7.42. The van der Waals surface area contributed by atoms with E-state index in [-0.39, 0.29) is 5.84 Å². The zero-order valence-electron chi connectivity index (χ0n) is 11.4. The van der Waals surface area contributed by atoms with Gasteiger partial charge in [0.15, 0.2) is 0 Å². The number of hydrogen-bond donors (Lipinski definition) is 2. The minimum absolute atomic E-state index is 0.251. The predicted molar refractivity (Wildman–Crippen MR) is 77.0 cm³/mol. The molecule has 1 aromatic heterocycles. The number of nitrogens with two attached hydrogens (primary N) is 1. The number of rotatable bonds is 7. The molecule has 1 saturated carbocycles. The fourth-order valence-electron chi connectivity index (χ4n) is 1.87. The molecule has 7 heteroatoms. The standard InChI is InChI=1S/C12H21N5OS/c1-8(2)7-17(6-5-10(13)15-18)12-14-11(16-19-12)9-3-4-9/h8-9,18H,3-7H2,1-2H3,(H2,13,15). The van der Waals surface area contributed by atoms with Crippen LogP contribution in [-0.2, 0) is 0 Å². The van der Waals surface area contributed by atoms with Gasteiger partial charge in [-0.25, -0.2) is 4.98 Å². The van der Waals surface area contributed by atoms with Crippen LogP contribution in [0, 0.1) is 5.92 Å². The summed E-state index contributed by atoms with van der Waals surface area (Å²) in [5.74, 6) is 2.34. The van der Waals surface area contributed by atoms with E-state index < -0.39 is 0 Å². The summed E-state index contributed by atoms with van der Waals surface area (Å²) in [4.78, 5) is 6.79. The smallest absolute Gasteiger partial charge is 0.205 e. The molecule has 0 amide bonds. The maximum Gasteiger partial charge on any atom is 0.205 e. The highest BCUT2D eigenvalue weighted by atomic mass is 32.1. The first-order valence-electron chi connectivity index (χ1n) is 6.65. The second-order valence-electron chi connectivity index (χ2n) is 5.39. The topological polar surface area (TPSA) is 87.6 Å². The van der Waals surface area contributed by atoms with Crippen LogP contribution in [0.15, 0.2) is 5.16 Å². The molecule has 19 heavy (non-hydrogen) atoms. The van der Waals surface area contributed by atoms with Crippen molar-refractivity contribution < 1.29 is 5.21 Å². The second-order valence-corrected chi connectivity index (χ2v) is 6.12. The Balaban J connectivity index is 2.02. The number of hydrogen-bond acceptors (Lipinski definition) is 6. The molecule has 0 aromatic carbocycles. The zero-order valence-corrected chi connectivity index (χ0v) is 12.2. The highest BCUT2D eigenvalue weighted by molar-refractivity contribution is 7.09. The summed E-state index contributed by atoms with van der Waals surface area (Å²) in [5, 5.41) is 12.6. The largest absolute Gasteiger partial charge is 0.409 e. The van der Waals surface area contributed by atoms with Crippen molar-refractivity contribution in [2.24, 2.45) is 16.8 Å². The Bertz CT molecular complexity index is 441. The monoisotopic (exact) mass is 283 g/mol. The van der Waals surface area contributed by atoms with Crippen LogP contribution in [0.25, 0.3) is 0 Å². The molecule has 0 aliphatic heterocycles. The Kier molecular flexibility index (Phi) is 4.57. The Hall–Kier alpha value is -1.37. The van der Waals surface area contributed by atoms with Crippen LogP contribution >= 0.6 is 11.5 Å². The maximum absolute atomic E-state index is 8.60. The maximum atomic E-state index is 8.60. The van der Waals surface area contributed by atoms with Gasteiger partial charge in [-0.05, 0) is 18.8 Å². The van der Waals surface area contributed by atoms with Crippen molar-refractivity contribution in [2.45, 2.75) is 39.0 Å². The van der Waals surface area contributed by atoms with Crippen molar-refractivity contribution in [2.75, 3.05) is 18.0 Å². The molecular weight excluding hydrogens is 262 g/mol. The van der Waals surface area contributed by atoms with E-state index in [9.17, 15) is 0 Å². The van der Waals surface area contributed by atoms with Crippen molar-refractivity contribution >= 4 is 22.5 Å². The molecule has 1 aromatic rings. The van der Waals surface area contributed by atoms with E-state index in [1.165, 1.54) is 24.4 Å². The molecule has 0 unspecified atom stereocenters. The van der Waals surface area contributed by atoms with Crippen molar-refractivity contribution in [3.63, 3.8) is 0 Å². The van der Waals surface area contributed by atoms with E-state index in [1.807, 2.05) is 0 Å². The van der Waals surface area contributed by atoms with Crippen LogP contribution in [-0.4, -0.2) is 33.5 Å². The number of nitrogens with zero attached hydrogens (tertiary/aromatic N) is 4. The lowest BCUT2D eigenvalue weighted by atomic mass is 10.2. The number of amidine groups is 1. The summed E-state index contributed by atoms with van der Waals surface area (Å²) in [6, 6.07) is 0. The summed E-state index contributed by atoms with van der Waals surface area (Å²) in [6.45, 7) is 5.93. The van der Waals surface area contributed by atoms with Gasteiger partial charge in [0.2, 0.25) is 5.13 Å². The summed E-state index contributed by atoms with van der Waals surface area (Å²) < 4.78 is 4.43. The van der Waals surface area contributed by atoms with Crippen LogP contribution in [0.2, 0.25) is 0 Å². The average molecular weight is 283 g/mol. The molecule has 106 valence electrons. The van der Waals surface area contributed by atoms with Gasteiger partial charge in [-0.15, -0.1) is 0 Å². The minimum Gasteiger partial charge on any atom is -0.409 e. The summed E-state index contributed by atoms with van der Waals surface area (Å²) in [6.07, 6.45) is 2.95. The van der Waals surface area contributed by atoms with Crippen molar-refractivity contribution in [1.29, 1.82) is 0 Å². The molecule has 1 aliphatic rings. The zero-order chi connectivity index (χ0) is 13.8. The molecule has 3 N–H and O–H groups in total. The number of aromatic nitrogens is 2. The lowest BCUT2D eigenvalue weighted by Crippen LogP contribution is -2.31. The van der Waals surface area contributed by atoms with Gasteiger partial charge in [0.05, 0.1) is 0 Å². The van der Waals surface area contributed by atoms with Gasteiger partial charge in [0.25, 0.3) is 0 Å². The Morgan fingerprint density at radius 2 is 2.32 bits per heavy atom. The van der Waals surface area contributed by atoms with Crippen LogP contribution < -0.4 is 10.6 Å². The Morgan fingerprint density at radius 3 is 2.89 bits per heavy atom. The molecule has 2 rings (SSSR count). The van der Waals surface area contributed by atoms with E-state index in [1.54, 1.807) is 0 Å². The number of anilines is 1. The van der Waals surface area contributed by atoms with Gasteiger partial charge in [-0.3, -0.25) is 0 Å². The van der Waals surface area contributed by atoms with Gasteiger partial charge < -0.3 is 15.8 Å². The second kappa shape index (κ2) is 6.18. The quantitative estimate of drug-likeness (QED) is 0.346. The van der Waals surface area contributed by atoms with Crippen molar-refractivity contribution in [1.82, 2.24) is 9.36 Å². The normalized spacial score (nSPS) is 16.1. The molecule has 1 heterocycles. The first kappa shape index (κ1) is 14.0. The molecular formula is C12H21N5OS. The van der Waals surface area contributed by atoms with Gasteiger partial charge in [-0.1, -0.05) is 19.0 Å². The molecule has 6 nitrogen and oxygen atoms in total. The summed E-state index contributed by atoms with van der Waals surface area (Å²) in [5.41, 5.74) is 5.53. The Morgan fingerprint density at radius 1 is 1.58 bits per heavy atom. The van der Waals surface area contributed by atoms with Crippen LogP contribution in [0.1, 0.15) is 44.9 Å². The van der Waals surface area contributed by atoms with Crippen LogP contribution in [0.3, 0.4) is 0 Å². The van der Waals surface area contributed by atoms with E-state index in [0.717, 1.165) is 17.5 Å². The SMILES string of the molecule is CC(C)CN(CCC(N)=NO)c1nc(C2CC2)ns1. The average Bonchev–Trinajstić information content (AvgIpc) is 3.12. The minimum atomic E-state index is 0.251. The van der Waals surface area contributed by atoms with Crippen molar-refractivity contribution in [3.05, 3.63) is 5.82 Å². The van der Waals surface area contributed by atoms with Gasteiger partial charge in [0, 0.05) is 37.0 Å². The van der Waals surface area contributed by atoms with Crippen LogP contribution in [0.4, 0.5) is 5.13 Å². The Labute approximate surface area is 117 Å². The molecule has 0 spiro atoms. The summed E-state index contributed by atoms with van der Waals surface area (Å²) in [7, 11) is 0. The molecule has 0 atom stereocenters. The molecule has 0 bridgehead atoms. The van der Waals surface area contributed by atoms with Crippen molar-refractivity contribution in [3.8, 4) is 0 Å². The van der Waals surface area contributed by atoms with Gasteiger partial charge in [-0.2, -0.15) is 4.37 Å². The summed E-state index contributed by atoms with van der Waals surface area (Å²) >= 11 is 1.45. The molecule has 1 fully saturated rings. The first-order chi connectivity index (χ1) is 9.10. The van der Waals surface area contributed by atoms with Crippen LogP contribution in [0.5, 0.6) is 0 Å². The number of oxime groups is 1. The van der Waals surface area contributed by atoms with Gasteiger partial charge >= 0.3 is 0 Å². The lowest BCUT2D eigenvalue weighted by Gasteiger charge is -2.23. The third-order valence-corrected chi connectivity index (χ3v) is 3.79. The fourth-order valence-corrected chi connectivity index (χ4v) is 2.65. The van der Waals surface area contributed by atoms with E-state index in [2.05, 4.69) is 33.3 Å². The van der Waals surface area contributed by atoms with E-state index in [4.69, 9.17) is 10.9 Å². The molecule has 1 aliphatic carbocycles. The van der Waals surface area contributed by atoms with E-state index >= 15 is 0 Å². The van der Waals surface area contributed by atoms with Gasteiger partial charge in [0.1, 0.15) is 11.7 Å². The lowest BCUT2D eigenvalue weighted by molar-refractivity contribution is 0.317.